The molecular weight excluding hydrogens is 262 g/mol. The molecule has 1 saturated heterocycles. The van der Waals surface area contributed by atoms with Crippen LogP contribution in [-0.2, 0) is 9.53 Å². The summed E-state index contributed by atoms with van der Waals surface area (Å²) in [5.74, 6) is 1.18. The number of esters is 1. The molecule has 0 radical (unpaired) electrons. The van der Waals surface area contributed by atoms with E-state index in [1.54, 1.807) is 0 Å². The van der Waals surface area contributed by atoms with E-state index in [9.17, 15) is 4.79 Å². The van der Waals surface area contributed by atoms with Crippen LogP contribution < -0.4 is 0 Å². The van der Waals surface area contributed by atoms with Crippen molar-refractivity contribution in [2.24, 2.45) is 11.8 Å². The Balaban J connectivity index is 1.68. The molecule has 0 spiro atoms. The maximum atomic E-state index is 11.8. The highest BCUT2D eigenvalue weighted by Crippen LogP contribution is 2.31. The van der Waals surface area contributed by atoms with Crippen LogP contribution in [-0.4, -0.2) is 36.6 Å². The van der Waals surface area contributed by atoms with E-state index in [-0.39, 0.29) is 11.9 Å². The van der Waals surface area contributed by atoms with Gasteiger partial charge in [-0.2, -0.15) is 0 Å². The van der Waals surface area contributed by atoms with Crippen LogP contribution in [0.25, 0.3) is 0 Å². The van der Waals surface area contributed by atoms with Gasteiger partial charge >= 0.3 is 5.97 Å². The van der Waals surface area contributed by atoms with Gasteiger partial charge in [0.25, 0.3) is 0 Å². The fourth-order valence-electron chi connectivity index (χ4n) is 4.04. The quantitative estimate of drug-likeness (QED) is 0.693. The first kappa shape index (κ1) is 16.8. The Labute approximate surface area is 130 Å². The van der Waals surface area contributed by atoms with E-state index in [0.29, 0.717) is 6.61 Å². The summed E-state index contributed by atoms with van der Waals surface area (Å²) in [7, 11) is 0. The van der Waals surface area contributed by atoms with Crippen molar-refractivity contribution in [2.45, 2.75) is 77.7 Å². The fourth-order valence-corrected chi connectivity index (χ4v) is 4.04. The molecule has 0 amide bonds. The van der Waals surface area contributed by atoms with Gasteiger partial charge in [-0.05, 0) is 64.5 Å². The second kappa shape index (κ2) is 8.77. The molecule has 0 unspecified atom stereocenters. The van der Waals surface area contributed by atoms with Crippen molar-refractivity contribution >= 4 is 5.97 Å². The number of carbonyl (C=O) groups excluding carboxylic acids is 1. The summed E-state index contributed by atoms with van der Waals surface area (Å²) in [6, 6.07) is 0.725. The van der Waals surface area contributed by atoms with E-state index in [1.807, 2.05) is 6.92 Å². The lowest BCUT2D eigenvalue weighted by atomic mass is 9.83. The normalized spacial score (nSPS) is 28.5. The summed E-state index contributed by atoms with van der Waals surface area (Å²) in [5, 5.41) is 0. The van der Waals surface area contributed by atoms with Crippen molar-refractivity contribution in [3.63, 3.8) is 0 Å². The van der Waals surface area contributed by atoms with Crippen molar-refractivity contribution in [1.82, 2.24) is 4.90 Å². The first-order valence-corrected chi connectivity index (χ1v) is 9.15. The molecule has 2 fully saturated rings. The number of nitrogens with zero attached hydrogens (tertiary/aromatic N) is 1. The molecule has 3 nitrogen and oxygen atoms in total. The van der Waals surface area contributed by atoms with Crippen LogP contribution in [0.5, 0.6) is 0 Å². The Hall–Kier alpha value is -0.570. The van der Waals surface area contributed by atoms with Crippen LogP contribution in [0.3, 0.4) is 0 Å². The van der Waals surface area contributed by atoms with Gasteiger partial charge in [-0.15, -0.1) is 0 Å². The van der Waals surface area contributed by atoms with Gasteiger partial charge in [0.1, 0.15) is 0 Å². The minimum Gasteiger partial charge on any atom is -0.466 e. The van der Waals surface area contributed by atoms with Gasteiger partial charge in [0, 0.05) is 6.04 Å². The van der Waals surface area contributed by atoms with Crippen LogP contribution in [0.15, 0.2) is 0 Å². The Morgan fingerprint density at radius 3 is 2.29 bits per heavy atom. The molecule has 0 N–H and O–H groups in total. The summed E-state index contributed by atoms with van der Waals surface area (Å²) in [6.07, 6.45) is 11.4. The van der Waals surface area contributed by atoms with Gasteiger partial charge in [0.15, 0.2) is 0 Å². The zero-order valence-corrected chi connectivity index (χ0v) is 14.0. The van der Waals surface area contributed by atoms with E-state index in [2.05, 4.69) is 11.8 Å². The summed E-state index contributed by atoms with van der Waals surface area (Å²) >= 11 is 0. The minimum atomic E-state index is 0.0363. The van der Waals surface area contributed by atoms with E-state index >= 15 is 0 Å². The predicted octanol–water partition coefficient (Wildman–Crippen LogP) is 4.01. The van der Waals surface area contributed by atoms with E-state index in [1.165, 1.54) is 58.0 Å². The zero-order valence-electron chi connectivity index (χ0n) is 14.0. The first-order valence-electron chi connectivity index (χ1n) is 9.15. The smallest absolute Gasteiger partial charge is 0.308 e. The average Bonchev–Trinajstić information content (AvgIpc) is 2.54. The van der Waals surface area contributed by atoms with Crippen molar-refractivity contribution < 1.29 is 9.53 Å². The second-order valence-electron chi connectivity index (χ2n) is 6.88. The van der Waals surface area contributed by atoms with E-state index in [0.717, 1.165) is 24.8 Å². The number of ether oxygens (including phenoxy) is 1. The SMILES string of the molecule is CCCCC1CCN([C@H]2CC[C@H](C(=O)OCC)CC2)CC1. The Morgan fingerprint density at radius 2 is 1.71 bits per heavy atom. The molecule has 21 heavy (non-hydrogen) atoms. The summed E-state index contributed by atoms with van der Waals surface area (Å²) in [5.41, 5.74) is 0. The molecule has 0 aromatic heterocycles. The molecule has 1 heterocycles. The largest absolute Gasteiger partial charge is 0.466 e. The van der Waals surface area contributed by atoms with Crippen LogP contribution in [0, 0.1) is 11.8 Å². The Bertz CT molecular complexity index is 302. The molecule has 1 aliphatic carbocycles. The highest BCUT2D eigenvalue weighted by Gasteiger charge is 2.31. The fraction of sp³-hybridized carbons (Fsp3) is 0.944. The molecule has 0 atom stereocenters. The van der Waals surface area contributed by atoms with E-state index < -0.39 is 0 Å². The number of unbranched alkanes of at least 4 members (excludes halogenated alkanes) is 1. The molecule has 3 heteroatoms. The molecular formula is C18H33NO2. The lowest BCUT2D eigenvalue weighted by Crippen LogP contribution is -2.43. The number of piperidine rings is 1. The maximum absolute atomic E-state index is 11.8. The second-order valence-corrected chi connectivity index (χ2v) is 6.88. The number of hydrogen-bond acceptors (Lipinski definition) is 3. The summed E-state index contributed by atoms with van der Waals surface area (Å²) in [6.45, 7) is 7.26. The van der Waals surface area contributed by atoms with Gasteiger partial charge in [-0.3, -0.25) is 4.79 Å². The molecule has 1 saturated carbocycles. The average molecular weight is 295 g/mol. The van der Waals surface area contributed by atoms with Crippen LogP contribution in [0.4, 0.5) is 0 Å². The third-order valence-corrected chi connectivity index (χ3v) is 5.45. The highest BCUT2D eigenvalue weighted by molar-refractivity contribution is 5.72. The standard InChI is InChI=1S/C18H33NO2/c1-3-5-6-15-11-13-19(14-12-15)17-9-7-16(8-10-17)18(20)21-4-2/h15-17H,3-14H2,1-2H3/t16-,17-. The van der Waals surface area contributed by atoms with Crippen molar-refractivity contribution in [3.05, 3.63) is 0 Å². The van der Waals surface area contributed by atoms with Crippen LogP contribution in [0.1, 0.15) is 71.6 Å². The number of likely N-dealkylation sites (tertiary alicyclic amines) is 1. The van der Waals surface area contributed by atoms with Crippen molar-refractivity contribution in [3.8, 4) is 0 Å². The Morgan fingerprint density at radius 1 is 1.05 bits per heavy atom. The molecule has 0 aromatic rings. The van der Waals surface area contributed by atoms with Gasteiger partial charge in [-0.1, -0.05) is 26.2 Å². The molecule has 2 aliphatic rings. The topological polar surface area (TPSA) is 29.5 Å². The molecule has 2 rings (SSSR count). The zero-order chi connectivity index (χ0) is 15.1. The monoisotopic (exact) mass is 295 g/mol. The van der Waals surface area contributed by atoms with Gasteiger partial charge < -0.3 is 9.64 Å². The predicted molar refractivity (Wildman–Crippen MR) is 86.2 cm³/mol. The highest BCUT2D eigenvalue weighted by atomic mass is 16.5. The van der Waals surface area contributed by atoms with Crippen molar-refractivity contribution in [2.75, 3.05) is 19.7 Å². The van der Waals surface area contributed by atoms with Crippen molar-refractivity contribution in [1.29, 1.82) is 0 Å². The number of hydrogen-bond donors (Lipinski definition) is 0. The summed E-state index contributed by atoms with van der Waals surface area (Å²) < 4.78 is 5.16. The lowest BCUT2D eigenvalue weighted by molar-refractivity contribution is -0.149. The first-order chi connectivity index (χ1) is 10.2. The van der Waals surface area contributed by atoms with Crippen LogP contribution >= 0.6 is 0 Å². The summed E-state index contributed by atoms with van der Waals surface area (Å²) in [4.78, 5) is 14.5. The third-order valence-electron chi connectivity index (χ3n) is 5.45. The third kappa shape index (κ3) is 4.98. The van der Waals surface area contributed by atoms with Gasteiger partial charge in [-0.25, -0.2) is 0 Å². The number of carbonyl (C=O) groups is 1. The Kier molecular flexibility index (Phi) is 7.01. The number of rotatable bonds is 6. The molecule has 0 bridgehead atoms. The van der Waals surface area contributed by atoms with Crippen LogP contribution in [0.2, 0.25) is 0 Å². The lowest BCUT2D eigenvalue weighted by Gasteiger charge is -2.40. The molecule has 0 aromatic carbocycles. The van der Waals surface area contributed by atoms with E-state index in [4.69, 9.17) is 4.74 Å². The molecule has 122 valence electrons. The minimum absolute atomic E-state index is 0.0363. The molecule has 1 aliphatic heterocycles. The van der Waals surface area contributed by atoms with Gasteiger partial charge in [0.05, 0.1) is 12.5 Å². The van der Waals surface area contributed by atoms with Gasteiger partial charge in [0.2, 0.25) is 0 Å². The maximum Gasteiger partial charge on any atom is 0.308 e.